The highest BCUT2D eigenvalue weighted by atomic mass is 32.2. The maximum absolute atomic E-state index is 13.0. The minimum Gasteiger partial charge on any atom is -0.475 e. The van der Waals surface area contributed by atoms with Crippen molar-refractivity contribution < 1.29 is 14.3 Å². The van der Waals surface area contributed by atoms with E-state index in [0.29, 0.717) is 42.2 Å². The van der Waals surface area contributed by atoms with Crippen LogP contribution in [0.1, 0.15) is 16.2 Å². The summed E-state index contributed by atoms with van der Waals surface area (Å²) in [6.45, 7) is 3.52. The number of aryl methyl sites for hydroxylation is 1. The van der Waals surface area contributed by atoms with E-state index in [1.54, 1.807) is 27.2 Å². The lowest BCUT2D eigenvalue weighted by Crippen LogP contribution is -2.47. The van der Waals surface area contributed by atoms with Gasteiger partial charge in [0.2, 0.25) is 11.0 Å². The lowest BCUT2D eigenvalue weighted by atomic mass is 10.2. The SMILES string of the molecule is CSc1nc2nc(C)cc(OCC3CN(C(=O)c4csc(-c5ccncc5)n4)CCO3)n2n1. The Kier molecular flexibility index (Phi) is 6.20. The number of ether oxygens (including phenoxy) is 2. The van der Waals surface area contributed by atoms with Gasteiger partial charge in [0.25, 0.3) is 11.7 Å². The smallest absolute Gasteiger partial charge is 0.273 e. The summed E-state index contributed by atoms with van der Waals surface area (Å²) >= 11 is 2.89. The molecule has 1 unspecified atom stereocenters. The quantitative estimate of drug-likeness (QED) is 0.382. The number of morpholine rings is 1. The van der Waals surface area contributed by atoms with Crippen molar-refractivity contribution >= 4 is 34.8 Å². The molecule has 0 N–H and O–H groups in total. The molecule has 1 aliphatic rings. The fourth-order valence-corrected chi connectivity index (χ4v) is 4.61. The van der Waals surface area contributed by atoms with Crippen LogP contribution in [0.5, 0.6) is 5.88 Å². The third kappa shape index (κ3) is 4.68. The number of thiazole rings is 1. The number of hydrogen-bond acceptors (Lipinski definition) is 10. The Bertz CT molecular complexity index is 1280. The minimum absolute atomic E-state index is 0.108. The van der Waals surface area contributed by atoms with Gasteiger partial charge in [-0.2, -0.15) is 9.50 Å². The van der Waals surface area contributed by atoms with Crippen LogP contribution in [0.4, 0.5) is 0 Å². The normalized spacial score (nSPS) is 16.3. The number of hydrogen-bond donors (Lipinski definition) is 0. The lowest BCUT2D eigenvalue weighted by molar-refractivity contribution is -0.0411. The fraction of sp³-hybridized carbons (Fsp3) is 0.333. The molecule has 4 aromatic rings. The van der Waals surface area contributed by atoms with Crippen molar-refractivity contribution in [1.29, 1.82) is 0 Å². The number of nitrogens with zero attached hydrogens (tertiary/aromatic N) is 7. The second-order valence-electron chi connectivity index (χ2n) is 7.37. The zero-order chi connectivity index (χ0) is 22.8. The molecule has 12 heteroatoms. The highest BCUT2D eigenvalue weighted by Crippen LogP contribution is 2.24. The van der Waals surface area contributed by atoms with Crippen molar-refractivity contribution in [2.75, 3.05) is 32.6 Å². The van der Waals surface area contributed by atoms with Crippen LogP contribution in [0, 0.1) is 6.92 Å². The molecule has 0 saturated carbocycles. The van der Waals surface area contributed by atoms with E-state index in [4.69, 9.17) is 9.47 Å². The molecule has 5 rings (SSSR count). The van der Waals surface area contributed by atoms with Gasteiger partial charge in [-0.1, -0.05) is 11.8 Å². The number of pyridine rings is 1. The first-order valence-electron chi connectivity index (χ1n) is 10.3. The average Bonchev–Trinajstić information content (AvgIpc) is 3.50. The summed E-state index contributed by atoms with van der Waals surface area (Å²) in [4.78, 5) is 32.1. The van der Waals surface area contributed by atoms with Gasteiger partial charge in [0, 0.05) is 41.6 Å². The topological polar surface area (TPSA) is 108 Å². The summed E-state index contributed by atoms with van der Waals surface area (Å²) in [5.41, 5.74) is 2.17. The first-order chi connectivity index (χ1) is 16.1. The average molecular weight is 484 g/mol. The summed E-state index contributed by atoms with van der Waals surface area (Å²) in [6.07, 6.45) is 5.06. The summed E-state index contributed by atoms with van der Waals surface area (Å²) in [7, 11) is 0. The van der Waals surface area contributed by atoms with Gasteiger partial charge < -0.3 is 14.4 Å². The Morgan fingerprint density at radius 2 is 2.15 bits per heavy atom. The molecule has 0 spiro atoms. The van der Waals surface area contributed by atoms with Gasteiger partial charge in [-0.3, -0.25) is 9.78 Å². The number of carbonyl (C=O) groups is 1. The predicted octanol–water partition coefficient (Wildman–Crippen LogP) is 2.59. The van der Waals surface area contributed by atoms with E-state index >= 15 is 0 Å². The molecule has 1 atom stereocenters. The molecule has 33 heavy (non-hydrogen) atoms. The first-order valence-corrected chi connectivity index (χ1v) is 12.4. The van der Waals surface area contributed by atoms with Crippen LogP contribution in [-0.2, 0) is 4.74 Å². The number of rotatable bonds is 6. The van der Waals surface area contributed by atoms with E-state index in [9.17, 15) is 4.79 Å². The van der Waals surface area contributed by atoms with Gasteiger partial charge in [-0.05, 0) is 25.3 Å². The van der Waals surface area contributed by atoms with Crippen LogP contribution in [0.3, 0.4) is 0 Å². The molecule has 1 fully saturated rings. The molecule has 1 saturated heterocycles. The van der Waals surface area contributed by atoms with Gasteiger partial charge in [-0.25, -0.2) is 9.97 Å². The van der Waals surface area contributed by atoms with Crippen molar-refractivity contribution in [3.05, 3.63) is 47.4 Å². The van der Waals surface area contributed by atoms with Crippen LogP contribution in [-0.4, -0.2) is 79.0 Å². The van der Waals surface area contributed by atoms with Crippen LogP contribution in [0.15, 0.2) is 41.1 Å². The van der Waals surface area contributed by atoms with E-state index in [1.165, 1.54) is 23.1 Å². The van der Waals surface area contributed by atoms with Gasteiger partial charge in [0.05, 0.1) is 13.2 Å². The van der Waals surface area contributed by atoms with Gasteiger partial charge >= 0.3 is 0 Å². The molecule has 10 nitrogen and oxygen atoms in total. The van der Waals surface area contributed by atoms with Gasteiger partial charge in [-0.15, -0.1) is 16.4 Å². The van der Waals surface area contributed by atoms with Gasteiger partial charge in [0.1, 0.15) is 23.4 Å². The van der Waals surface area contributed by atoms with Crippen molar-refractivity contribution in [3.63, 3.8) is 0 Å². The Balaban J connectivity index is 1.25. The second kappa shape index (κ2) is 9.41. The lowest BCUT2D eigenvalue weighted by Gasteiger charge is -2.32. The van der Waals surface area contributed by atoms with Crippen LogP contribution in [0.2, 0.25) is 0 Å². The molecule has 0 aliphatic carbocycles. The summed E-state index contributed by atoms with van der Waals surface area (Å²) in [5, 5.41) is 7.62. The minimum atomic E-state index is -0.270. The predicted molar refractivity (Wildman–Crippen MR) is 124 cm³/mol. The molecule has 1 aliphatic heterocycles. The highest BCUT2D eigenvalue weighted by Gasteiger charge is 2.27. The second-order valence-corrected chi connectivity index (χ2v) is 9.01. The van der Waals surface area contributed by atoms with E-state index < -0.39 is 0 Å². The van der Waals surface area contributed by atoms with E-state index in [0.717, 1.165) is 16.3 Å². The van der Waals surface area contributed by atoms with Crippen LogP contribution >= 0.6 is 23.1 Å². The zero-order valence-corrected chi connectivity index (χ0v) is 19.7. The molecular weight excluding hydrogens is 462 g/mol. The van der Waals surface area contributed by atoms with E-state index in [1.807, 2.05) is 31.4 Å². The fourth-order valence-electron chi connectivity index (χ4n) is 3.47. The summed E-state index contributed by atoms with van der Waals surface area (Å²) in [6, 6.07) is 5.57. The van der Waals surface area contributed by atoms with Crippen molar-refractivity contribution in [2.45, 2.75) is 18.2 Å². The van der Waals surface area contributed by atoms with Crippen molar-refractivity contribution in [2.24, 2.45) is 0 Å². The van der Waals surface area contributed by atoms with Crippen LogP contribution < -0.4 is 4.74 Å². The molecule has 0 radical (unpaired) electrons. The number of thioether (sulfide) groups is 1. The first kappa shape index (κ1) is 21.7. The maximum Gasteiger partial charge on any atom is 0.273 e. The Morgan fingerprint density at radius 1 is 1.30 bits per heavy atom. The van der Waals surface area contributed by atoms with Crippen molar-refractivity contribution in [3.8, 4) is 16.5 Å². The number of carbonyl (C=O) groups excluding carboxylic acids is 1. The molecule has 0 bridgehead atoms. The van der Waals surface area contributed by atoms with E-state index in [-0.39, 0.29) is 18.6 Å². The molecule has 4 aromatic heterocycles. The number of fused-ring (bicyclic) bond motifs is 1. The number of amides is 1. The maximum atomic E-state index is 13.0. The Hall–Kier alpha value is -3.09. The summed E-state index contributed by atoms with van der Waals surface area (Å²) < 4.78 is 13.5. The third-order valence-electron chi connectivity index (χ3n) is 5.06. The number of aromatic nitrogens is 6. The molecular formula is C21H21N7O3S2. The molecule has 0 aromatic carbocycles. The monoisotopic (exact) mass is 483 g/mol. The van der Waals surface area contributed by atoms with Crippen LogP contribution in [0.25, 0.3) is 16.3 Å². The van der Waals surface area contributed by atoms with E-state index in [2.05, 4.69) is 25.0 Å². The Labute approximate surface area is 198 Å². The molecule has 1 amide bonds. The summed E-state index contributed by atoms with van der Waals surface area (Å²) in [5.74, 6) is 0.922. The van der Waals surface area contributed by atoms with Gasteiger partial charge in [0.15, 0.2) is 0 Å². The van der Waals surface area contributed by atoms with Crippen molar-refractivity contribution in [1.82, 2.24) is 34.4 Å². The molecule has 5 heterocycles. The highest BCUT2D eigenvalue weighted by molar-refractivity contribution is 7.98. The Morgan fingerprint density at radius 3 is 2.97 bits per heavy atom. The standard InChI is InChI=1S/C21H21N7O3S2/c1-13-9-17(28-20(23-13)25-21(26-28)32-2)31-11-15-10-27(7-8-30-15)19(29)16-12-33-18(24-16)14-3-5-22-6-4-14/h3-6,9,12,15H,7-8,10-11H2,1-2H3. The zero-order valence-electron chi connectivity index (χ0n) is 18.0. The third-order valence-corrected chi connectivity index (χ3v) is 6.49. The largest absolute Gasteiger partial charge is 0.475 e. The molecule has 170 valence electrons.